The van der Waals surface area contributed by atoms with Crippen LogP contribution < -0.4 is 5.32 Å². The number of hydrogen-bond donors (Lipinski definition) is 2. The smallest absolute Gasteiger partial charge is 0.305 e. The van der Waals surface area contributed by atoms with Crippen LogP contribution in [-0.4, -0.2) is 29.1 Å². The van der Waals surface area contributed by atoms with Crippen molar-refractivity contribution >= 4 is 11.9 Å². The zero-order valence-corrected chi connectivity index (χ0v) is 12.8. The Morgan fingerprint density at radius 2 is 1.86 bits per heavy atom. The number of carbonyl (C=O) groups is 2. The van der Waals surface area contributed by atoms with E-state index in [9.17, 15) is 9.59 Å². The van der Waals surface area contributed by atoms with Crippen LogP contribution in [0.5, 0.6) is 0 Å². The molecule has 1 amide bonds. The van der Waals surface area contributed by atoms with Crippen LogP contribution in [0, 0.1) is 0 Å². The number of carbonyl (C=O) groups excluding carboxylic acids is 1. The van der Waals surface area contributed by atoms with E-state index in [0.717, 1.165) is 5.56 Å². The molecule has 1 aromatic rings. The van der Waals surface area contributed by atoms with Gasteiger partial charge in [-0.3, -0.25) is 9.59 Å². The zero-order chi connectivity index (χ0) is 15.8. The summed E-state index contributed by atoms with van der Waals surface area (Å²) < 4.78 is 5.49. The van der Waals surface area contributed by atoms with Crippen LogP contribution in [0.3, 0.4) is 0 Å². The SMILES string of the molecule is CCC(CC(=O)O)NC(=O)c1ccc(COC(C)C)cc1. The largest absolute Gasteiger partial charge is 0.481 e. The minimum atomic E-state index is -0.914. The first-order valence-electron chi connectivity index (χ1n) is 7.15. The number of carboxylic acids is 1. The van der Waals surface area contributed by atoms with Crippen LogP contribution in [0.25, 0.3) is 0 Å². The molecule has 0 radical (unpaired) electrons. The molecule has 0 aromatic heterocycles. The van der Waals surface area contributed by atoms with Crippen LogP contribution in [0.1, 0.15) is 49.5 Å². The molecule has 1 aromatic carbocycles. The van der Waals surface area contributed by atoms with E-state index in [1.165, 1.54) is 0 Å². The molecule has 1 atom stereocenters. The molecule has 2 N–H and O–H groups in total. The summed E-state index contributed by atoms with van der Waals surface area (Å²) >= 11 is 0. The van der Waals surface area contributed by atoms with E-state index < -0.39 is 5.97 Å². The minimum Gasteiger partial charge on any atom is -0.481 e. The number of rotatable bonds is 8. The number of aliphatic carboxylic acids is 1. The highest BCUT2D eigenvalue weighted by atomic mass is 16.5. The minimum absolute atomic E-state index is 0.0669. The fraction of sp³-hybridized carbons (Fsp3) is 0.500. The lowest BCUT2D eigenvalue weighted by Crippen LogP contribution is -2.36. The summed E-state index contributed by atoms with van der Waals surface area (Å²) in [5.74, 6) is -1.16. The molecule has 116 valence electrons. The molecule has 1 rings (SSSR count). The quantitative estimate of drug-likeness (QED) is 0.772. The molecular formula is C16H23NO4. The lowest BCUT2D eigenvalue weighted by Gasteiger charge is -2.15. The van der Waals surface area contributed by atoms with Gasteiger partial charge in [-0.1, -0.05) is 19.1 Å². The van der Waals surface area contributed by atoms with E-state index in [-0.39, 0.29) is 24.5 Å². The van der Waals surface area contributed by atoms with E-state index in [2.05, 4.69) is 5.32 Å². The Labute approximate surface area is 125 Å². The van der Waals surface area contributed by atoms with Gasteiger partial charge in [0.15, 0.2) is 0 Å². The predicted molar refractivity (Wildman–Crippen MR) is 80.2 cm³/mol. The molecule has 0 spiro atoms. The van der Waals surface area contributed by atoms with Crippen molar-refractivity contribution in [2.24, 2.45) is 0 Å². The van der Waals surface area contributed by atoms with Gasteiger partial charge in [-0.05, 0) is 38.0 Å². The fourth-order valence-electron chi connectivity index (χ4n) is 1.79. The second-order valence-corrected chi connectivity index (χ2v) is 5.23. The summed E-state index contributed by atoms with van der Waals surface area (Å²) in [6.07, 6.45) is 0.676. The molecule has 21 heavy (non-hydrogen) atoms. The first-order chi connectivity index (χ1) is 9.92. The number of benzene rings is 1. The Balaban J connectivity index is 2.59. The number of carboxylic acid groups (broad SMARTS) is 1. The van der Waals surface area contributed by atoms with E-state index in [1.54, 1.807) is 12.1 Å². The standard InChI is InChI=1S/C16H23NO4/c1-4-14(9-15(18)19)17-16(20)13-7-5-12(6-8-13)10-21-11(2)3/h5-8,11,14H,4,9-10H2,1-3H3,(H,17,20)(H,18,19). The molecule has 0 saturated carbocycles. The van der Waals surface area contributed by atoms with Crippen molar-refractivity contribution in [3.05, 3.63) is 35.4 Å². The van der Waals surface area contributed by atoms with Gasteiger partial charge >= 0.3 is 5.97 Å². The Bertz CT molecular complexity index is 468. The van der Waals surface area contributed by atoms with Crippen molar-refractivity contribution < 1.29 is 19.4 Å². The van der Waals surface area contributed by atoms with E-state index in [0.29, 0.717) is 18.6 Å². The number of hydrogen-bond acceptors (Lipinski definition) is 3. The Kier molecular flexibility index (Phi) is 6.88. The highest BCUT2D eigenvalue weighted by Gasteiger charge is 2.15. The third kappa shape index (κ3) is 6.40. The molecule has 0 fully saturated rings. The van der Waals surface area contributed by atoms with Crippen molar-refractivity contribution in [2.75, 3.05) is 0 Å². The summed E-state index contributed by atoms with van der Waals surface area (Å²) in [7, 11) is 0. The normalized spacial score (nSPS) is 12.2. The van der Waals surface area contributed by atoms with Gasteiger partial charge in [0.05, 0.1) is 19.1 Å². The lowest BCUT2D eigenvalue weighted by molar-refractivity contribution is -0.137. The number of amides is 1. The molecule has 0 aliphatic rings. The Morgan fingerprint density at radius 1 is 1.24 bits per heavy atom. The van der Waals surface area contributed by atoms with Gasteiger partial charge in [-0.2, -0.15) is 0 Å². The maximum absolute atomic E-state index is 12.0. The molecule has 0 bridgehead atoms. The third-order valence-electron chi connectivity index (χ3n) is 3.05. The highest BCUT2D eigenvalue weighted by molar-refractivity contribution is 5.94. The molecule has 0 saturated heterocycles. The molecule has 0 heterocycles. The molecule has 0 aliphatic carbocycles. The van der Waals surface area contributed by atoms with Crippen molar-refractivity contribution in [1.82, 2.24) is 5.32 Å². The van der Waals surface area contributed by atoms with Gasteiger partial charge in [0, 0.05) is 11.6 Å². The molecule has 0 aliphatic heterocycles. The van der Waals surface area contributed by atoms with Crippen LogP contribution in [0.2, 0.25) is 0 Å². The van der Waals surface area contributed by atoms with Crippen molar-refractivity contribution in [2.45, 2.75) is 52.4 Å². The molecule has 5 heteroatoms. The van der Waals surface area contributed by atoms with Crippen LogP contribution in [-0.2, 0) is 16.1 Å². The Morgan fingerprint density at radius 3 is 2.33 bits per heavy atom. The number of ether oxygens (including phenoxy) is 1. The van der Waals surface area contributed by atoms with Gasteiger partial charge in [-0.25, -0.2) is 0 Å². The monoisotopic (exact) mass is 293 g/mol. The van der Waals surface area contributed by atoms with E-state index in [1.807, 2.05) is 32.9 Å². The molecule has 5 nitrogen and oxygen atoms in total. The maximum Gasteiger partial charge on any atom is 0.305 e. The average Bonchev–Trinajstić information content (AvgIpc) is 2.44. The van der Waals surface area contributed by atoms with Crippen LogP contribution >= 0.6 is 0 Å². The zero-order valence-electron chi connectivity index (χ0n) is 12.8. The molecule has 1 unspecified atom stereocenters. The third-order valence-corrected chi connectivity index (χ3v) is 3.05. The van der Waals surface area contributed by atoms with Crippen LogP contribution in [0.15, 0.2) is 24.3 Å². The summed E-state index contributed by atoms with van der Waals surface area (Å²) in [4.78, 5) is 22.7. The lowest BCUT2D eigenvalue weighted by atomic mass is 10.1. The topological polar surface area (TPSA) is 75.6 Å². The fourth-order valence-corrected chi connectivity index (χ4v) is 1.79. The first kappa shape index (κ1) is 17.2. The molecular weight excluding hydrogens is 270 g/mol. The summed E-state index contributed by atoms with van der Waals surface area (Å²) in [6.45, 7) is 6.29. The van der Waals surface area contributed by atoms with Crippen molar-refractivity contribution in [3.8, 4) is 0 Å². The van der Waals surface area contributed by atoms with Crippen molar-refractivity contribution in [3.63, 3.8) is 0 Å². The van der Waals surface area contributed by atoms with Gasteiger partial charge in [0.1, 0.15) is 0 Å². The maximum atomic E-state index is 12.0. The van der Waals surface area contributed by atoms with Crippen molar-refractivity contribution in [1.29, 1.82) is 0 Å². The van der Waals surface area contributed by atoms with Gasteiger partial charge < -0.3 is 15.2 Å². The first-order valence-corrected chi connectivity index (χ1v) is 7.15. The summed E-state index contributed by atoms with van der Waals surface area (Å²) in [5.41, 5.74) is 1.52. The highest BCUT2D eigenvalue weighted by Crippen LogP contribution is 2.08. The van der Waals surface area contributed by atoms with Gasteiger partial charge in [-0.15, -0.1) is 0 Å². The average molecular weight is 293 g/mol. The summed E-state index contributed by atoms with van der Waals surface area (Å²) in [6, 6.07) is 6.79. The van der Waals surface area contributed by atoms with Gasteiger partial charge in [0.2, 0.25) is 0 Å². The second-order valence-electron chi connectivity index (χ2n) is 5.23. The van der Waals surface area contributed by atoms with Crippen LogP contribution in [0.4, 0.5) is 0 Å². The van der Waals surface area contributed by atoms with Gasteiger partial charge in [0.25, 0.3) is 5.91 Å². The predicted octanol–water partition coefficient (Wildman–Crippen LogP) is 2.59. The number of nitrogens with one attached hydrogen (secondary N) is 1. The second kappa shape index (κ2) is 8.42. The van der Waals surface area contributed by atoms with E-state index >= 15 is 0 Å². The van der Waals surface area contributed by atoms with E-state index in [4.69, 9.17) is 9.84 Å². The summed E-state index contributed by atoms with van der Waals surface area (Å²) in [5, 5.41) is 11.5. The Hall–Kier alpha value is -1.88.